The maximum Gasteiger partial charge on any atom is 0.125 e. The monoisotopic (exact) mass is 278 g/mol. The zero-order valence-electron chi connectivity index (χ0n) is 13.0. The number of hydrogen-bond acceptors (Lipinski definition) is 2. The molecule has 3 heteroatoms. The Bertz CT molecular complexity index is 425. The molecule has 0 heterocycles. The zero-order valence-corrected chi connectivity index (χ0v) is 13.0. The van der Waals surface area contributed by atoms with Gasteiger partial charge < -0.3 is 10.2 Å². The maximum atomic E-state index is 13.7. The van der Waals surface area contributed by atoms with Crippen LogP contribution in [0.1, 0.15) is 44.6 Å². The molecular formula is C17H27FN2. The first-order valence-corrected chi connectivity index (χ1v) is 7.81. The third-order valence-corrected chi connectivity index (χ3v) is 4.67. The smallest absolute Gasteiger partial charge is 0.125 e. The Morgan fingerprint density at radius 2 is 1.90 bits per heavy atom. The van der Waals surface area contributed by atoms with Crippen molar-refractivity contribution in [2.24, 2.45) is 5.92 Å². The Morgan fingerprint density at radius 1 is 1.20 bits per heavy atom. The molecule has 1 fully saturated rings. The van der Waals surface area contributed by atoms with E-state index in [2.05, 4.69) is 30.3 Å². The van der Waals surface area contributed by atoms with Crippen molar-refractivity contribution in [3.63, 3.8) is 0 Å². The van der Waals surface area contributed by atoms with Crippen molar-refractivity contribution in [1.29, 1.82) is 0 Å². The molecule has 2 rings (SSSR count). The number of hydrogen-bond donors (Lipinski definition) is 1. The third-order valence-electron chi connectivity index (χ3n) is 4.67. The van der Waals surface area contributed by atoms with Crippen molar-refractivity contribution in [3.8, 4) is 0 Å². The fourth-order valence-corrected chi connectivity index (χ4v) is 3.29. The van der Waals surface area contributed by atoms with Gasteiger partial charge in [-0.2, -0.15) is 0 Å². The van der Waals surface area contributed by atoms with Crippen LogP contribution in [0.4, 0.5) is 10.1 Å². The summed E-state index contributed by atoms with van der Waals surface area (Å²) in [5.74, 6) is 0.758. The van der Waals surface area contributed by atoms with E-state index in [0.717, 1.165) is 17.2 Å². The highest BCUT2D eigenvalue weighted by Gasteiger charge is 2.23. The number of rotatable bonds is 5. The van der Waals surface area contributed by atoms with Gasteiger partial charge in [-0.25, -0.2) is 4.39 Å². The van der Waals surface area contributed by atoms with Crippen molar-refractivity contribution in [2.45, 2.75) is 51.6 Å². The molecule has 0 aliphatic heterocycles. The number of anilines is 1. The van der Waals surface area contributed by atoms with E-state index in [0.29, 0.717) is 12.6 Å². The van der Waals surface area contributed by atoms with Gasteiger partial charge in [-0.15, -0.1) is 0 Å². The summed E-state index contributed by atoms with van der Waals surface area (Å²) in [6.07, 6.45) is 6.37. The number of benzene rings is 1. The lowest BCUT2D eigenvalue weighted by Crippen LogP contribution is -2.35. The molecule has 0 spiro atoms. The van der Waals surface area contributed by atoms with Crippen molar-refractivity contribution in [2.75, 3.05) is 19.0 Å². The molecular weight excluding hydrogens is 251 g/mol. The molecule has 2 nitrogen and oxygen atoms in total. The summed E-state index contributed by atoms with van der Waals surface area (Å²) in [6.45, 7) is 2.99. The van der Waals surface area contributed by atoms with Crippen LogP contribution in [0.3, 0.4) is 0 Å². The van der Waals surface area contributed by atoms with E-state index in [1.54, 1.807) is 12.1 Å². The highest BCUT2D eigenvalue weighted by atomic mass is 19.1. The van der Waals surface area contributed by atoms with Crippen LogP contribution in [0, 0.1) is 11.7 Å². The molecule has 0 unspecified atom stereocenters. The molecule has 0 amide bonds. The van der Waals surface area contributed by atoms with E-state index >= 15 is 0 Å². The van der Waals surface area contributed by atoms with Gasteiger partial charge in [0.15, 0.2) is 0 Å². The topological polar surface area (TPSA) is 15.3 Å². The molecule has 0 saturated heterocycles. The fraction of sp³-hybridized carbons (Fsp3) is 0.647. The zero-order chi connectivity index (χ0) is 14.5. The molecule has 0 aromatic heterocycles. The van der Waals surface area contributed by atoms with Crippen LogP contribution in [0.5, 0.6) is 0 Å². The molecule has 0 radical (unpaired) electrons. The van der Waals surface area contributed by atoms with E-state index < -0.39 is 0 Å². The summed E-state index contributed by atoms with van der Waals surface area (Å²) >= 11 is 0. The Balaban J connectivity index is 2.07. The molecule has 1 aliphatic carbocycles. The molecule has 1 aliphatic rings. The van der Waals surface area contributed by atoms with Gasteiger partial charge in [0, 0.05) is 25.3 Å². The number of nitrogens with zero attached hydrogens (tertiary/aromatic N) is 1. The van der Waals surface area contributed by atoms with E-state index in [1.165, 1.54) is 32.1 Å². The van der Waals surface area contributed by atoms with E-state index in [1.807, 2.05) is 7.05 Å². The van der Waals surface area contributed by atoms with Crippen LogP contribution >= 0.6 is 0 Å². The first-order valence-electron chi connectivity index (χ1n) is 7.81. The lowest BCUT2D eigenvalue weighted by Gasteiger charge is -2.36. The van der Waals surface area contributed by atoms with Crippen molar-refractivity contribution in [3.05, 3.63) is 29.6 Å². The molecule has 1 aromatic rings. The Labute approximate surface area is 122 Å². The lowest BCUT2D eigenvalue weighted by atomic mass is 9.84. The van der Waals surface area contributed by atoms with Crippen LogP contribution in [0.2, 0.25) is 0 Å². The molecule has 0 bridgehead atoms. The van der Waals surface area contributed by atoms with Gasteiger partial charge in [0.25, 0.3) is 0 Å². The van der Waals surface area contributed by atoms with Gasteiger partial charge in [0.2, 0.25) is 0 Å². The predicted molar refractivity (Wildman–Crippen MR) is 83.6 cm³/mol. The minimum atomic E-state index is -0.137. The van der Waals surface area contributed by atoms with Crippen molar-refractivity contribution in [1.82, 2.24) is 5.32 Å². The van der Waals surface area contributed by atoms with Gasteiger partial charge in [-0.3, -0.25) is 0 Å². The predicted octanol–water partition coefficient (Wildman–Crippen LogP) is 3.95. The second-order valence-electron chi connectivity index (χ2n) is 6.04. The summed E-state index contributed by atoms with van der Waals surface area (Å²) in [4.78, 5) is 2.27. The summed E-state index contributed by atoms with van der Waals surface area (Å²) in [7, 11) is 4.00. The van der Waals surface area contributed by atoms with E-state index in [4.69, 9.17) is 0 Å². The van der Waals surface area contributed by atoms with Gasteiger partial charge >= 0.3 is 0 Å². The van der Waals surface area contributed by atoms with Crippen LogP contribution in [-0.2, 0) is 6.54 Å². The first kappa shape index (κ1) is 15.3. The molecule has 112 valence electrons. The first-order chi connectivity index (χ1) is 9.63. The van der Waals surface area contributed by atoms with Crippen molar-refractivity contribution < 1.29 is 4.39 Å². The van der Waals surface area contributed by atoms with Gasteiger partial charge in [0.05, 0.1) is 0 Å². The third kappa shape index (κ3) is 3.72. The van der Waals surface area contributed by atoms with Crippen LogP contribution in [0.15, 0.2) is 18.2 Å². The van der Waals surface area contributed by atoms with Gasteiger partial charge in [-0.1, -0.05) is 13.3 Å². The highest BCUT2D eigenvalue weighted by molar-refractivity contribution is 5.49. The molecule has 1 aromatic carbocycles. The highest BCUT2D eigenvalue weighted by Crippen LogP contribution is 2.31. The van der Waals surface area contributed by atoms with E-state index in [-0.39, 0.29) is 5.82 Å². The summed E-state index contributed by atoms with van der Waals surface area (Å²) in [5.41, 5.74) is 2.02. The van der Waals surface area contributed by atoms with Gasteiger partial charge in [0.1, 0.15) is 5.82 Å². The average molecular weight is 278 g/mol. The number of halogens is 1. The minimum absolute atomic E-state index is 0.137. The number of nitrogens with one attached hydrogen (secondary N) is 1. The second kappa shape index (κ2) is 7.07. The Kier molecular flexibility index (Phi) is 5.41. The SMILES string of the molecule is CCC1CCC(N(C)c2cc(F)cc(CNC)c2)CC1. The summed E-state index contributed by atoms with van der Waals surface area (Å²) in [6, 6.07) is 5.93. The molecule has 1 N–H and O–H groups in total. The quantitative estimate of drug-likeness (QED) is 0.877. The summed E-state index contributed by atoms with van der Waals surface area (Å²) in [5, 5.41) is 3.09. The van der Waals surface area contributed by atoms with E-state index in [9.17, 15) is 4.39 Å². The van der Waals surface area contributed by atoms with Crippen LogP contribution in [0.25, 0.3) is 0 Å². The Morgan fingerprint density at radius 3 is 2.50 bits per heavy atom. The molecule has 1 saturated carbocycles. The maximum absolute atomic E-state index is 13.7. The van der Waals surface area contributed by atoms with Crippen LogP contribution < -0.4 is 10.2 Å². The molecule has 0 atom stereocenters. The minimum Gasteiger partial charge on any atom is -0.372 e. The lowest BCUT2D eigenvalue weighted by molar-refractivity contribution is 0.313. The largest absolute Gasteiger partial charge is 0.372 e. The fourth-order valence-electron chi connectivity index (χ4n) is 3.29. The van der Waals surface area contributed by atoms with Gasteiger partial charge in [-0.05, 0) is 62.4 Å². The summed E-state index contributed by atoms with van der Waals surface area (Å²) < 4.78 is 13.7. The average Bonchev–Trinajstić information content (AvgIpc) is 2.46. The standard InChI is InChI=1S/C17H27FN2/c1-4-13-5-7-16(8-6-13)20(3)17-10-14(12-19-2)9-15(18)11-17/h9-11,13,16,19H,4-8,12H2,1-3H3. The van der Waals surface area contributed by atoms with Crippen molar-refractivity contribution >= 4 is 5.69 Å². The molecule has 20 heavy (non-hydrogen) atoms. The normalized spacial score (nSPS) is 22.8. The Hall–Kier alpha value is -1.09. The van der Waals surface area contributed by atoms with Crippen LogP contribution in [-0.4, -0.2) is 20.1 Å². The second-order valence-corrected chi connectivity index (χ2v) is 6.04.